The van der Waals surface area contributed by atoms with Crippen molar-refractivity contribution in [2.45, 2.75) is 13.3 Å². The summed E-state index contributed by atoms with van der Waals surface area (Å²) in [6, 6.07) is 7.33. The van der Waals surface area contributed by atoms with E-state index in [1.807, 2.05) is 24.3 Å². The molecule has 5 heteroatoms. The Morgan fingerprint density at radius 2 is 2.29 bits per heavy atom. The third-order valence-electron chi connectivity index (χ3n) is 2.69. The number of hydrogen-bond donors (Lipinski definition) is 1. The minimum Gasteiger partial charge on any atom is -0.449 e. The zero-order chi connectivity index (χ0) is 12.3. The molecule has 0 aromatic heterocycles. The van der Waals surface area contributed by atoms with Gasteiger partial charge in [-0.2, -0.15) is 0 Å². The summed E-state index contributed by atoms with van der Waals surface area (Å²) in [5, 5.41) is 12.2. The van der Waals surface area contributed by atoms with Crippen LogP contribution in [0.2, 0.25) is 0 Å². The predicted molar refractivity (Wildman–Crippen MR) is 63.8 cm³/mol. The van der Waals surface area contributed by atoms with Gasteiger partial charge in [-0.05, 0) is 13.0 Å². The van der Waals surface area contributed by atoms with Crippen molar-refractivity contribution >= 4 is 17.5 Å². The van der Waals surface area contributed by atoms with Crippen LogP contribution in [0.5, 0.6) is 0 Å². The van der Waals surface area contributed by atoms with Crippen molar-refractivity contribution in [3.63, 3.8) is 0 Å². The van der Waals surface area contributed by atoms with E-state index in [1.165, 1.54) is 0 Å². The molecule has 1 aliphatic heterocycles. The van der Waals surface area contributed by atoms with Crippen molar-refractivity contribution in [2.24, 2.45) is 5.16 Å². The van der Waals surface area contributed by atoms with E-state index in [0.29, 0.717) is 25.3 Å². The van der Waals surface area contributed by atoms with Gasteiger partial charge in [0.05, 0.1) is 18.0 Å². The molecule has 0 bridgehead atoms. The third kappa shape index (κ3) is 2.08. The molecule has 1 N–H and O–H groups in total. The highest BCUT2D eigenvalue weighted by Crippen LogP contribution is 2.27. The summed E-state index contributed by atoms with van der Waals surface area (Å²) >= 11 is 0. The number of carbonyl (C=O) groups excluding carboxylic acids is 1. The Kier molecular flexibility index (Phi) is 3.27. The second-order valence-corrected chi connectivity index (χ2v) is 3.66. The molecule has 1 amide bonds. The SMILES string of the molecule is CCOC(=O)N1CCC(=NO)c2ccccc21. The molecule has 0 spiro atoms. The number of nitrogens with zero attached hydrogens (tertiary/aromatic N) is 2. The van der Waals surface area contributed by atoms with E-state index in [9.17, 15) is 4.79 Å². The molecule has 0 atom stereocenters. The van der Waals surface area contributed by atoms with E-state index in [0.717, 1.165) is 11.3 Å². The van der Waals surface area contributed by atoms with Crippen LogP contribution in [0.3, 0.4) is 0 Å². The van der Waals surface area contributed by atoms with E-state index in [-0.39, 0.29) is 6.09 Å². The second-order valence-electron chi connectivity index (χ2n) is 3.66. The van der Waals surface area contributed by atoms with Gasteiger partial charge in [-0.1, -0.05) is 23.4 Å². The topological polar surface area (TPSA) is 62.1 Å². The quantitative estimate of drug-likeness (QED) is 0.598. The maximum atomic E-state index is 11.8. The van der Waals surface area contributed by atoms with Gasteiger partial charge in [-0.15, -0.1) is 0 Å². The van der Waals surface area contributed by atoms with Crippen molar-refractivity contribution < 1.29 is 14.7 Å². The Morgan fingerprint density at radius 3 is 3.00 bits per heavy atom. The van der Waals surface area contributed by atoms with Crippen LogP contribution in [0, 0.1) is 0 Å². The summed E-state index contributed by atoms with van der Waals surface area (Å²) < 4.78 is 4.99. The second kappa shape index (κ2) is 4.86. The lowest BCUT2D eigenvalue weighted by Crippen LogP contribution is -2.38. The lowest BCUT2D eigenvalue weighted by molar-refractivity contribution is 0.159. The number of hydrogen-bond acceptors (Lipinski definition) is 4. The Labute approximate surface area is 99.3 Å². The molecule has 0 saturated heterocycles. The fourth-order valence-electron chi connectivity index (χ4n) is 1.92. The molecule has 0 aliphatic carbocycles. The smallest absolute Gasteiger partial charge is 0.414 e. The van der Waals surface area contributed by atoms with Gasteiger partial charge in [0.2, 0.25) is 0 Å². The maximum absolute atomic E-state index is 11.8. The minimum atomic E-state index is -0.364. The van der Waals surface area contributed by atoms with Crippen LogP contribution < -0.4 is 4.90 Å². The molecule has 0 radical (unpaired) electrons. The van der Waals surface area contributed by atoms with Crippen molar-refractivity contribution in [3.05, 3.63) is 29.8 Å². The van der Waals surface area contributed by atoms with Gasteiger partial charge in [0, 0.05) is 18.5 Å². The normalized spacial score (nSPS) is 16.8. The van der Waals surface area contributed by atoms with Crippen LogP contribution in [0.4, 0.5) is 10.5 Å². The highest BCUT2D eigenvalue weighted by atomic mass is 16.6. The summed E-state index contributed by atoms with van der Waals surface area (Å²) in [5.74, 6) is 0. The molecule has 1 aromatic rings. The van der Waals surface area contributed by atoms with E-state index in [2.05, 4.69) is 5.16 Å². The average Bonchev–Trinajstić information content (AvgIpc) is 2.37. The molecule has 0 fully saturated rings. The van der Waals surface area contributed by atoms with Gasteiger partial charge in [0.25, 0.3) is 0 Å². The molecular weight excluding hydrogens is 220 g/mol. The number of anilines is 1. The lowest BCUT2D eigenvalue weighted by atomic mass is 10.0. The lowest BCUT2D eigenvalue weighted by Gasteiger charge is -2.28. The summed E-state index contributed by atoms with van der Waals surface area (Å²) in [4.78, 5) is 13.3. The molecule has 2 rings (SSSR count). The fourth-order valence-corrected chi connectivity index (χ4v) is 1.92. The van der Waals surface area contributed by atoms with Gasteiger partial charge in [0.1, 0.15) is 0 Å². The zero-order valence-corrected chi connectivity index (χ0v) is 9.59. The maximum Gasteiger partial charge on any atom is 0.414 e. The Hall–Kier alpha value is -2.04. The molecule has 90 valence electrons. The summed E-state index contributed by atoms with van der Waals surface area (Å²) in [7, 11) is 0. The number of oxime groups is 1. The molecule has 1 aliphatic rings. The van der Waals surface area contributed by atoms with Crippen LogP contribution in [-0.2, 0) is 4.74 Å². The minimum absolute atomic E-state index is 0.346. The van der Waals surface area contributed by atoms with Crippen LogP contribution in [-0.4, -0.2) is 30.2 Å². The fraction of sp³-hybridized carbons (Fsp3) is 0.333. The van der Waals surface area contributed by atoms with Crippen LogP contribution in [0.25, 0.3) is 0 Å². The summed E-state index contributed by atoms with van der Waals surface area (Å²) in [6.07, 6.45) is 0.156. The zero-order valence-electron chi connectivity index (χ0n) is 9.59. The van der Waals surface area contributed by atoms with Gasteiger partial charge in [-0.25, -0.2) is 4.79 Å². The number of rotatable bonds is 1. The molecular formula is C12H14N2O3. The van der Waals surface area contributed by atoms with E-state index in [1.54, 1.807) is 11.8 Å². The summed E-state index contributed by atoms with van der Waals surface area (Å²) in [5.41, 5.74) is 2.10. The van der Waals surface area contributed by atoms with Crippen LogP contribution in [0.1, 0.15) is 18.9 Å². The predicted octanol–water partition coefficient (Wildman–Crippen LogP) is 2.23. The Morgan fingerprint density at radius 1 is 1.53 bits per heavy atom. The number of benzene rings is 1. The number of fused-ring (bicyclic) bond motifs is 1. The van der Waals surface area contributed by atoms with Gasteiger partial charge in [-0.3, -0.25) is 4.90 Å². The first-order valence-corrected chi connectivity index (χ1v) is 5.52. The first-order valence-electron chi connectivity index (χ1n) is 5.52. The van der Waals surface area contributed by atoms with E-state index in [4.69, 9.17) is 9.94 Å². The number of amides is 1. The first kappa shape index (κ1) is 11.4. The number of para-hydroxylation sites is 1. The molecule has 0 saturated carbocycles. The monoisotopic (exact) mass is 234 g/mol. The standard InChI is InChI=1S/C12H14N2O3/c1-2-17-12(15)14-8-7-10(13-16)9-5-3-4-6-11(9)14/h3-6,16H,2,7-8H2,1H3. The number of carbonyl (C=O) groups is 1. The van der Waals surface area contributed by atoms with Crippen molar-refractivity contribution in [1.29, 1.82) is 0 Å². The molecule has 1 heterocycles. The van der Waals surface area contributed by atoms with Crippen molar-refractivity contribution in [3.8, 4) is 0 Å². The van der Waals surface area contributed by atoms with E-state index < -0.39 is 0 Å². The van der Waals surface area contributed by atoms with Crippen molar-refractivity contribution in [2.75, 3.05) is 18.1 Å². The molecule has 1 aromatic carbocycles. The molecule has 5 nitrogen and oxygen atoms in total. The average molecular weight is 234 g/mol. The molecule has 0 unspecified atom stereocenters. The van der Waals surface area contributed by atoms with Gasteiger partial charge >= 0.3 is 6.09 Å². The van der Waals surface area contributed by atoms with Crippen LogP contribution >= 0.6 is 0 Å². The summed E-state index contributed by atoms with van der Waals surface area (Å²) in [6.45, 7) is 2.59. The molecule has 17 heavy (non-hydrogen) atoms. The first-order chi connectivity index (χ1) is 8.27. The van der Waals surface area contributed by atoms with Gasteiger partial charge in [0.15, 0.2) is 0 Å². The van der Waals surface area contributed by atoms with Gasteiger partial charge < -0.3 is 9.94 Å². The Bertz CT molecular complexity index is 457. The van der Waals surface area contributed by atoms with Crippen LogP contribution in [0.15, 0.2) is 29.4 Å². The number of ether oxygens (including phenoxy) is 1. The van der Waals surface area contributed by atoms with Crippen molar-refractivity contribution in [1.82, 2.24) is 0 Å². The highest BCUT2D eigenvalue weighted by Gasteiger charge is 2.26. The Balaban J connectivity index is 2.38. The third-order valence-corrected chi connectivity index (χ3v) is 2.69. The highest BCUT2D eigenvalue weighted by molar-refractivity contribution is 6.10. The van der Waals surface area contributed by atoms with E-state index >= 15 is 0 Å². The largest absolute Gasteiger partial charge is 0.449 e.